The molecule has 2 heterocycles. The third-order valence-electron chi connectivity index (χ3n) is 6.11. The first kappa shape index (κ1) is 20.4. The summed E-state index contributed by atoms with van der Waals surface area (Å²) >= 11 is 0. The number of nitrogens with zero attached hydrogens (tertiary/aromatic N) is 2. The van der Waals surface area contributed by atoms with E-state index in [1.54, 1.807) is 0 Å². The van der Waals surface area contributed by atoms with E-state index < -0.39 is 6.04 Å². The van der Waals surface area contributed by atoms with Crippen LogP contribution in [0.15, 0.2) is 48.5 Å². The Balaban J connectivity index is 1.31. The molecular weight excluding hydrogens is 376 g/mol. The van der Waals surface area contributed by atoms with E-state index in [0.717, 1.165) is 38.0 Å². The quantitative estimate of drug-likeness (QED) is 0.735. The first-order valence-electron chi connectivity index (χ1n) is 10.8. The molecule has 30 heavy (non-hydrogen) atoms. The largest absolute Gasteiger partial charge is 0.374 e. The highest BCUT2D eigenvalue weighted by Gasteiger charge is 2.31. The van der Waals surface area contributed by atoms with Gasteiger partial charge in [-0.2, -0.15) is 0 Å². The summed E-state index contributed by atoms with van der Waals surface area (Å²) in [6.07, 6.45) is 2.11. The lowest BCUT2D eigenvalue weighted by Crippen LogP contribution is -2.56. The van der Waals surface area contributed by atoms with Crippen molar-refractivity contribution in [3.05, 3.63) is 65.2 Å². The molecular formula is C24H30N4O2. The van der Waals surface area contributed by atoms with Gasteiger partial charge in [-0.15, -0.1) is 0 Å². The van der Waals surface area contributed by atoms with Gasteiger partial charge in [0, 0.05) is 45.5 Å². The van der Waals surface area contributed by atoms with Crippen LogP contribution in [0, 0.1) is 0 Å². The first-order chi connectivity index (χ1) is 14.6. The average molecular weight is 407 g/mol. The lowest BCUT2D eigenvalue weighted by Gasteiger charge is -2.34. The SMILES string of the molecule is CN1CCc2cc(CNC(=O)CC3C(=O)NCCN3CCc3ccccc3)ccc21. The standard InChI is InChI=1S/C24H30N4O2/c1-27-12-10-20-15-19(7-8-21(20)27)17-26-23(29)16-22-24(30)25-11-14-28(22)13-9-18-5-3-2-4-6-18/h2-8,15,22H,9-14,16-17H2,1H3,(H,25,30)(H,26,29). The predicted octanol–water partition coefficient (Wildman–Crippen LogP) is 1.73. The smallest absolute Gasteiger partial charge is 0.237 e. The molecule has 2 N–H and O–H groups in total. The van der Waals surface area contributed by atoms with E-state index in [4.69, 9.17) is 0 Å². The van der Waals surface area contributed by atoms with E-state index in [-0.39, 0.29) is 18.2 Å². The summed E-state index contributed by atoms with van der Waals surface area (Å²) in [6, 6.07) is 16.2. The summed E-state index contributed by atoms with van der Waals surface area (Å²) in [4.78, 5) is 29.4. The Morgan fingerprint density at radius 3 is 2.80 bits per heavy atom. The van der Waals surface area contributed by atoms with Crippen molar-refractivity contribution < 1.29 is 9.59 Å². The summed E-state index contributed by atoms with van der Waals surface area (Å²) in [6.45, 7) is 3.72. The second-order valence-corrected chi connectivity index (χ2v) is 8.19. The van der Waals surface area contributed by atoms with Crippen LogP contribution >= 0.6 is 0 Å². The van der Waals surface area contributed by atoms with Crippen molar-refractivity contribution in [2.75, 3.05) is 38.1 Å². The summed E-state index contributed by atoms with van der Waals surface area (Å²) in [5.74, 6) is -0.135. The number of rotatable bonds is 7. The van der Waals surface area contributed by atoms with Crippen LogP contribution in [0.3, 0.4) is 0 Å². The van der Waals surface area contributed by atoms with Gasteiger partial charge >= 0.3 is 0 Å². The second kappa shape index (κ2) is 9.30. The molecule has 2 aliphatic heterocycles. The van der Waals surface area contributed by atoms with E-state index in [1.165, 1.54) is 16.8 Å². The number of benzene rings is 2. The van der Waals surface area contributed by atoms with E-state index in [0.29, 0.717) is 13.1 Å². The third kappa shape index (κ3) is 4.82. The van der Waals surface area contributed by atoms with Gasteiger partial charge in [0.05, 0.1) is 12.5 Å². The lowest BCUT2D eigenvalue weighted by molar-refractivity contribution is -0.133. The van der Waals surface area contributed by atoms with E-state index in [2.05, 4.69) is 57.8 Å². The minimum absolute atomic E-state index is 0.0509. The van der Waals surface area contributed by atoms with Crippen LogP contribution in [-0.4, -0.2) is 56.0 Å². The number of hydrogen-bond donors (Lipinski definition) is 2. The van der Waals surface area contributed by atoms with Crippen LogP contribution in [0.1, 0.15) is 23.1 Å². The maximum absolute atomic E-state index is 12.6. The molecule has 2 aromatic rings. The number of carbonyl (C=O) groups is 2. The van der Waals surface area contributed by atoms with Crippen molar-refractivity contribution in [1.82, 2.24) is 15.5 Å². The highest BCUT2D eigenvalue weighted by Crippen LogP contribution is 2.27. The van der Waals surface area contributed by atoms with Crippen LogP contribution in [0.5, 0.6) is 0 Å². The molecule has 6 nitrogen and oxygen atoms in total. The number of anilines is 1. The zero-order valence-corrected chi connectivity index (χ0v) is 17.6. The molecule has 2 aliphatic rings. The van der Waals surface area contributed by atoms with Gasteiger partial charge in [0.15, 0.2) is 0 Å². The van der Waals surface area contributed by atoms with Gasteiger partial charge in [-0.3, -0.25) is 14.5 Å². The zero-order chi connectivity index (χ0) is 20.9. The first-order valence-corrected chi connectivity index (χ1v) is 10.8. The Morgan fingerprint density at radius 2 is 1.97 bits per heavy atom. The molecule has 0 bridgehead atoms. The Hall–Kier alpha value is -2.86. The van der Waals surface area contributed by atoms with Gasteiger partial charge in [0.25, 0.3) is 0 Å². The van der Waals surface area contributed by atoms with Gasteiger partial charge in [-0.1, -0.05) is 42.5 Å². The second-order valence-electron chi connectivity index (χ2n) is 8.19. The van der Waals surface area contributed by atoms with Gasteiger partial charge in [0.1, 0.15) is 0 Å². The number of fused-ring (bicyclic) bond motifs is 1. The molecule has 0 spiro atoms. The van der Waals surface area contributed by atoms with Crippen molar-refractivity contribution in [2.24, 2.45) is 0 Å². The molecule has 2 aromatic carbocycles. The summed E-state index contributed by atoms with van der Waals surface area (Å²) in [5.41, 5.74) is 4.96. The molecule has 158 valence electrons. The number of amides is 2. The van der Waals surface area contributed by atoms with Gasteiger partial charge in [-0.05, 0) is 35.6 Å². The topological polar surface area (TPSA) is 64.7 Å². The number of nitrogens with one attached hydrogen (secondary N) is 2. The average Bonchev–Trinajstić information content (AvgIpc) is 3.13. The zero-order valence-electron chi connectivity index (χ0n) is 17.6. The summed E-state index contributed by atoms with van der Waals surface area (Å²) in [7, 11) is 2.10. The van der Waals surface area contributed by atoms with Crippen LogP contribution in [0.2, 0.25) is 0 Å². The highest BCUT2D eigenvalue weighted by molar-refractivity contribution is 5.88. The monoisotopic (exact) mass is 406 g/mol. The minimum atomic E-state index is -0.406. The van der Waals surface area contributed by atoms with Crippen molar-refractivity contribution in [3.8, 4) is 0 Å². The molecule has 1 unspecified atom stereocenters. The van der Waals surface area contributed by atoms with E-state index in [9.17, 15) is 9.59 Å². The minimum Gasteiger partial charge on any atom is -0.374 e. The van der Waals surface area contributed by atoms with Gasteiger partial charge < -0.3 is 15.5 Å². The Morgan fingerprint density at radius 1 is 1.13 bits per heavy atom. The maximum Gasteiger partial charge on any atom is 0.237 e. The van der Waals surface area contributed by atoms with Crippen LogP contribution in [0.25, 0.3) is 0 Å². The fourth-order valence-electron chi connectivity index (χ4n) is 4.35. The van der Waals surface area contributed by atoms with Crippen molar-refractivity contribution in [2.45, 2.75) is 31.8 Å². The number of hydrogen-bond acceptors (Lipinski definition) is 4. The summed E-state index contributed by atoms with van der Waals surface area (Å²) < 4.78 is 0. The Labute approximate surface area is 178 Å². The van der Waals surface area contributed by atoms with Crippen molar-refractivity contribution in [1.29, 1.82) is 0 Å². The molecule has 1 atom stereocenters. The normalized spacial score (nSPS) is 18.8. The fraction of sp³-hybridized carbons (Fsp3) is 0.417. The van der Waals surface area contributed by atoms with Crippen LogP contribution in [-0.2, 0) is 29.0 Å². The van der Waals surface area contributed by atoms with Crippen LogP contribution < -0.4 is 15.5 Å². The van der Waals surface area contributed by atoms with E-state index in [1.807, 2.05) is 18.2 Å². The van der Waals surface area contributed by atoms with Crippen molar-refractivity contribution >= 4 is 17.5 Å². The van der Waals surface area contributed by atoms with Gasteiger partial charge in [-0.25, -0.2) is 0 Å². The fourth-order valence-corrected chi connectivity index (χ4v) is 4.35. The molecule has 4 rings (SSSR count). The molecule has 1 saturated heterocycles. The van der Waals surface area contributed by atoms with Gasteiger partial charge in [0.2, 0.25) is 11.8 Å². The van der Waals surface area contributed by atoms with E-state index >= 15 is 0 Å². The number of piperazine rings is 1. The molecule has 0 saturated carbocycles. The lowest BCUT2D eigenvalue weighted by atomic mass is 10.1. The number of likely N-dealkylation sites (N-methyl/N-ethyl adjacent to an activating group) is 1. The molecule has 0 aliphatic carbocycles. The predicted molar refractivity (Wildman–Crippen MR) is 118 cm³/mol. The Kier molecular flexibility index (Phi) is 6.33. The van der Waals surface area contributed by atoms with Crippen molar-refractivity contribution in [3.63, 3.8) is 0 Å². The Bertz CT molecular complexity index is 899. The molecule has 0 radical (unpaired) electrons. The number of carbonyl (C=O) groups excluding carboxylic acids is 2. The highest BCUT2D eigenvalue weighted by atomic mass is 16.2. The maximum atomic E-state index is 12.6. The molecule has 1 fully saturated rings. The van der Waals surface area contributed by atoms with Crippen LogP contribution in [0.4, 0.5) is 5.69 Å². The molecule has 0 aromatic heterocycles. The third-order valence-corrected chi connectivity index (χ3v) is 6.11. The molecule has 6 heteroatoms. The molecule has 2 amide bonds. The summed E-state index contributed by atoms with van der Waals surface area (Å²) in [5, 5.41) is 5.91.